The summed E-state index contributed by atoms with van der Waals surface area (Å²) in [5.41, 5.74) is 0.749. The second-order valence-electron chi connectivity index (χ2n) is 8.02. The third-order valence-corrected chi connectivity index (χ3v) is 6.08. The predicted molar refractivity (Wildman–Crippen MR) is 106 cm³/mol. The predicted octanol–water partition coefficient (Wildman–Crippen LogP) is 3.58. The van der Waals surface area contributed by atoms with Gasteiger partial charge in [-0.2, -0.15) is 0 Å². The van der Waals surface area contributed by atoms with Crippen LogP contribution in [0.1, 0.15) is 38.5 Å². The SMILES string of the molecule is CN(CC1CCCN2CCCCC12)C(=O)Nc1ccc2c(c1)OCCCO2. The molecule has 0 saturated carbocycles. The van der Waals surface area contributed by atoms with Crippen molar-refractivity contribution in [1.29, 1.82) is 0 Å². The van der Waals surface area contributed by atoms with E-state index in [0.29, 0.717) is 30.9 Å². The van der Waals surface area contributed by atoms with Gasteiger partial charge in [0.1, 0.15) is 0 Å². The summed E-state index contributed by atoms with van der Waals surface area (Å²) in [5.74, 6) is 2.04. The van der Waals surface area contributed by atoms with E-state index in [1.54, 1.807) is 0 Å². The number of carbonyl (C=O) groups excluding carboxylic acids is 1. The largest absolute Gasteiger partial charge is 0.490 e. The normalized spacial score (nSPS) is 25.2. The summed E-state index contributed by atoms with van der Waals surface area (Å²) in [7, 11) is 1.90. The third-order valence-electron chi connectivity index (χ3n) is 6.08. The van der Waals surface area contributed by atoms with Crippen molar-refractivity contribution in [3.05, 3.63) is 18.2 Å². The van der Waals surface area contributed by atoms with E-state index in [0.717, 1.165) is 24.4 Å². The molecule has 2 amide bonds. The monoisotopic (exact) mass is 373 g/mol. The number of nitrogens with one attached hydrogen (secondary N) is 1. The standard InChI is InChI=1S/C21H31N3O3/c1-23(15-16-6-4-11-24-10-3-2-7-18(16)24)21(25)22-17-8-9-19-20(14-17)27-13-5-12-26-19/h8-9,14,16,18H,2-7,10-13,15H2,1H3,(H,22,25). The van der Waals surface area contributed by atoms with E-state index in [9.17, 15) is 4.79 Å². The van der Waals surface area contributed by atoms with Crippen LogP contribution in [0.15, 0.2) is 18.2 Å². The van der Waals surface area contributed by atoms with Crippen LogP contribution in [-0.4, -0.2) is 61.8 Å². The first-order chi connectivity index (χ1) is 13.2. The fraction of sp³-hybridized carbons (Fsp3) is 0.667. The van der Waals surface area contributed by atoms with Gasteiger partial charge in [0, 0.05) is 37.8 Å². The van der Waals surface area contributed by atoms with Crippen LogP contribution < -0.4 is 14.8 Å². The molecule has 4 rings (SSSR count). The van der Waals surface area contributed by atoms with Crippen LogP contribution in [0, 0.1) is 5.92 Å². The number of fused-ring (bicyclic) bond motifs is 2. The molecule has 6 heteroatoms. The number of ether oxygens (including phenoxy) is 2. The average Bonchev–Trinajstić information content (AvgIpc) is 2.93. The number of anilines is 1. The molecule has 27 heavy (non-hydrogen) atoms. The third kappa shape index (κ3) is 4.32. The van der Waals surface area contributed by atoms with E-state index in [1.165, 1.54) is 45.2 Å². The molecule has 0 aromatic heterocycles. The zero-order chi connectivity index (χ0) is 18.6. The highest BCUT2D eigenvalue weighted by molar-refractivity contribution is 5.89. The first-order valence-electron chi connectivity index (χ1n) is 10.4. The van der Waals surface area contributed by atoms with Gasteiger partial charge in [-0.05, 0) is 56.8 Å². The maximum Gasteiger partial charge on any atom is 0.321 e. The van der Waals surface area contributed by atoms with Crippen LogP contribution >= 0.6 is 0 Å². The number of urea groups is 1. The van der Waals surface area contributed by atoms with Crippen molar-refractivity contribution in [2.24, 2.45) is 5.92 Å². The molecule has 148 valence electrons. The molecule has 3 aliphatic heterocycles. The first-order valence-corrected chi connectivity index (χ1v) is 10.4. The number of nitrogens with zero attached hydrogens (tertiary/aromatic N) is 2. The van der Waals surface area contributed by atoms with Gasteiger partial charge in [-0.3, -0.25) is 0 Å². The quantitative estimate of drug-likeness (QED) is 0.880. The van der Waals surface area contributed by atoms with Crippen molar-refractivity contribution in [3.8, 4) is 11.5 Å². The van der Waals surface area contributed by atoms with Gasteiger partial charge in [-0.25, -0.2) is 4.79 Å². The summed E-state index contributed by atoms with van der Waals surface area (Å²) < 4.78 is 11.4. The Morgan fingerprint density at radius 2 is 1.93 bits per heavy atom. The van der Waals surface area contributed by atoms with E-state index >= 15 is 0 Å². The van der Waals surface area contributed by atoms with E-state index in [4.69, 9.17) is 9.47 Å². The molecule has 2 saturated heterocycles. The second kappa shape index (κ2) is 8.38. The lowest BCUT2D eigenvalue weighted by Gasteiger charge is -2.45. The topological polar surface area (TPSA) is 54.0 Å². The number of hydrogen-bond donors (Lipinski definition) is 1. The van der Waals surface area contributed by atoms with Gasteiger partial charge in [-0.1, -0.05) is 6.42 Å². The molecule has 0 spiro atoms. The fourth-order valence-electron chi connectivity index (χ4n) is 4.68. The number of carbonyl (C=O) groups is 1. The van der Waals surface area contributed by atoms with Gasteiger partial charge < -0.3 is 24.6 Å². The zero-order valence-electron chi connectivity index (χ0n) is 16.3. The Labute approximate surface area is 161 Å². The average molecular weight is 373 g/mol. The minimum atomic E-state index is -0.0579. The highest BCUT2D eigenvalue weighted by Crippen LogP contribution is 2.33. The molecule has 2 atom stereocenters. The van der Waals surface area contributed by atoms with E-state index in [2.05, 4.69) is 10.2 Å². The van der Waals surface area contributed by atoms with Gasteiger partial charge in [0.05, 0.1) is 13.2 Å². The number of rotatable bonds is 3. The molecular formula is C21H31N3O3. The highest BCUT2D eigenvalue weighted by atomic mass is 16.5. The minimum absolute atomic E-state index is 0.0579. The number of amides is 2. The smallest absolute Gasteiger partial charge is 0.321 e. The van der Waals surface area contributed by atoms with Crippen LogP contribution in [-0.2, 0) is 0 Å². The maximum atomic E-state index is 12.7. The summed E-state index contributed by atoms with van der Waals surface area (Å²) in [6.45, 7) is 4.59. The molecular weight excluding hydrogens is 342 g/mol. The van der Waals surface area contributed by atoms with Gasteiger partial charge in [0.25, 0.3) is 0 Å². The molecule has 0 bridgehead atoms. The van der Waals surface area contributed by atoms with Crippen molar-refractivity contribution >= 4 is 11.7 Å². The van der Waals surface area contributed by atoms with Crippen LogP contribution in [0.4, 0.5) is 10.5 Å². The lowest BCUT2D eigenvalue weighted by molar-refractivity contribution is 0.0495. The molecule has 2 fully saturated rings. The fourth-order valence-corrected chi connectivity index (χ4v) is 4.68. The van der Waals surface area contributed by atoms with Crippen molar-refractivity contribution < 1.29 is 14.3 Å². The Kier molecular flexibility index (Phi) is 5.72. The van der Waals surface area contributed by atoms with Crippen LogP contribution in [0.25, 0.3) is 0 Å². The lowest BCUT2D eigenvalue weighted by Crippen LogP contribution is -2.51. The van der Waals surface area contributed by atoms with Gasteiger partial charge in [0.2, 0.25) is 0 Å². The van der Waals surface area contributed by atoms with Crippen LogP contribution in [0.5, 0.6) is 11.5 Å². The first kappa shape index (κ1) is 18.4. The molecule has 1 aromatic carbocycles. The van der Waals surface area contributed by atoms with Crippen LogP contribution in [0.3, 0.4) is 0 Å². The molecule has 1 N–H and O–H groups in total. The van der Waals surface area contributed by atoms with Crippen molar-refractivity contribution in [2.45, 2.75) is 44.6 Å². The van der Waals surface area contributed by atoms with Crippen LogP contribution in [0.2, 0.25) is 0 Å². The Balaban J connectivity index is 1.36. The van der Waals surface area contributed by atoms with Gasteiger partial charge in [0.15, 0.2) is 11.5 Å². The minimum Gasteiger partial charge on any atom is -0.490 e. The summed E-state index contributed by atoms with van der Waals surface area (Å²) in [6.07, 6.45) is 7.27. The van der Waals surface area contributed by atoms with Gasteiger partial charge in [-0.15, -0.1) is 0 Å². The van der Waals surface area contributed by atoms with E-state index < -0.39 is 0 Å². The molecule has 6 nitrogen and oxygen atoms in total. The summed E-state index contributed by atoms with van der Waals surface area (Å²) in [4.78, 5) is 17.2. The summed E-state index contributed by atoms with van der Waals surface area (Å²) in [5, 5.41) is 3.01. The van der Waals surface area contributed by atoms with Crippen molar-refractivity contribution in [3.63, 3.8) is 0 Å². The van der Waals surface area contributed by atoms with E-state index in [-0.39, 0.29) is 6.03 Å². The van der Waals surface area contributed by atoms with Gasteiger partial charge >= 0.3 is 6.03 Å². The number of benzene rings is 1. The molecule has 0 aliphatic carbocycles. The highest BCUT2D eigenvalue weighted by Gasteiger charge is 2.34. The zero-order valence-corrected chi connectivity index (χ0v) is 16.3. The van der Waals surface area contributed by atoms with E-state index in [1.807, 2.05) is 30.1 Å². The lowest BCUT2D eigenvalue weighted by atomic mass is 9.83. The molecule has 0 radical (unpaired) electrons. The molecule has 1 aromatic rings. The number of piperidine rings is 2. The Hall–Kier alpha value is -1.95. The summed E-state index contributed by atoms with van der Waals surface area (Å²) in [6, 6.07) is 6.20. The molecule has 3 heterocycles. The van der Waals surface area contributed by atoms with Crippen molar-refractivity contribution in [2.75, 3.05) is 45.2 Å². The Bertz CT molecular complexity index is 664. The number of hydrogen-bond acceptors (Lipinski definition) is 4. The Morgan fingerprint density at radius 3 is 2.81 bits per heavy atom. The molecule has 3 aliphatic rings. The van der Waals surface area contributed by atoms with Crippen molar-refractivity contribution in [1.82, 2.24) is 9.80 Å². The Morgan fingerprint density at radius 1 is 1.11 bits per heavy atom. The summed E-state index contributed by atoms with van der Waals surface area (Å²) >= 11 is 0. The maximum absolute atomic E-state index is 12.7. The second-order valence-corrected chi connectivity index (χ2v) is 8.02. The molecule has 2 unspecified atom stereocenters.